The maximum absolute atomic E-state index is 13.2. The normalized spacial score (nSPS) is 18.2. The fourth-order valence-corrected chi connectivity index (χ4v) is 4.46. The molecule has 0 amide bonds. The minimum atomic E-state index is -4.71. The molecule has 1 aromatic carbocycles. The quantitative estimate of drug-likeness (QED) is 0.616. The molecule has 2 aromatic rings. The molecule has 1 aliphatic rings. The fraction of sp³-hybridized carbons (Fsp3) is 0.476. The highest BCUT2D eigenvalue weighted by Crippen LogP contribution is 2.40. The van der Waals surface area contributed by atoms with Gasteiger partial charge in [0.25, 0.3) is 0 Å². The Bertz CT molecular complexity index is 920. The Kier molecular flexibility index (Phi) is 6.38. The van der Waals surface area contributed by atoms with Crippen LogP contribution >= 0.6 is 11.6 Å². The number of likely N-dealkylation sites (tertiary alicyclic amines) is 1. The van der Waals surface area contributed by atoms with Gasteiger partial charge in [-0.05, 0) is 25.3 Å². The van der Waals surface area contributed by atoms with Gasteiger partial charge < -0.3 is 0 Å². The van der Waals surface area contributed by atoms with Gasteiger partial charge in [-0.2, -0.15) is 18.3 Å². The second-order valence-electron chi connectivity index (χ2n) is 7.50. The van der Waals surface area contributed by atoms with Gasteiger partial charge in [-0.3, -0.25) is 14.5 Å². The number of rotatable bonds is 6. The van der Waals surface area contributed by atoms with Gasteiger partial charge in [-0.1, -0.05) is 48.9 Å². The van der Waals surface area contributed by atoms with Crippen molar-refractivity contribution >= 4 is 23.7 Å². The molecule has 0 bridgehead atoms. The summed E-state index contributed by atoms with van der Waals surface area (Å²) in [6.45, 7) is 3.95. The number of ketones is 1. The van der Waals surface area contributed by atoms with Gasteiger partial charge in [-0.15, -0.1) is 0 Å². The van der Waals surface area contributed by atoms with E-state index in [1.165, 1.54) is 6.92 Å². The van der Waals surface area contributed by atoms with E-state index in [-0.39, 0.29) is 11.5 Å². The molecule has 162 valence electrons. The Morgan fingerprint density at radius 3 is 2.33 bits per heavy atom. The van der Waals surface area contributed by atoms with Crippen molar-refractivity contribution in [2.75, 3.05) is 13.1 Å². The largest absolute Gasteiger partial charge is 0.436 e. The van der Waals surface area contributed by atoms with Crippen LogP contribution in [0.1, 0.15) is 49.3 Å². The van der Waals surface area contributed by atoms with E-state index >= 15 is 0 Å². The van der Waals surface area contributed by atoms with Crippen LogP contribution in [0.5, 0.6) is 0 Å². The zero-order valence-corrected chi connectivity index (χ0v) is 17.5. The highest BCUT2D eigenvalue weighted by atomic mass is 35.5. The highest BCUT2D eigenvalue weighted by molar-refractivity contribution is 6.32. The van der Waals surface area contributed by atoms with Gasteiger partial charge >= 0.3 is 6.18 Å². The lowest BCUT2D eigenvalue weighted by atomic mass is 9.69. The number of alkyl halides is 3. The number of aromatic nitrogens is 2. The van der Waals surface area contributed by atoms with Crippen molar-refractivity contribution in [1.29, 1.82) is 0 Å². The smallest absolute Gasteiger partial charge is 0.299 e. The van der Waals surface area contributed by atoms with Crippen molar-refractivity contribution in [2.45, 2.75) is 50.9 Å². The molecule has 1 fully saturated rings. The van der Waals surface area contributed by atoms with Crippen LogP contribution in [0.3, 0.4) is 0 Å². The van der Waals surface area contributed by atoms with Crippen molar-refractivity contribution in [3.05, 3.63) is 52.3 Å². The summed E-state index contributed by atoms with van der Waals surface area (Å²) in [5, 5.41) is 3.08. The molecule has 2 heterocycles. The predicted molar refractivity (Wildman–Crippen MR) is 106 cm³/mol. The van der Waals surface area contributed by atoms with E-state index in [4.69, 9.17) is 11.6 Å². The summed E-state index contributed by atoms with van der Waals surface area (Å²) in [6.07, 6.45) is -3.85. The Morgan fingerprint density at radius 1 is 1.27 bits per heavy atom. The Balaban J connectivity index is 1.89. The van der Waals surface area contributed by atoms with Gasteiger partial charge in [-0.25, -0.2) is 4.68 Å². The molecule has 1 aliphatic heterocycles. The van der Waals surface area contributed by atoms with Gasteiger partial charge in [0.05, 0.1) is 16.1 Å². The van der Waals surface area contributed by atoms with Crippen LogP contribution in [0, 0.1) is 6.92 Å². The fourth-order valence-electron chi connectivity index (χ4n) is 4.23. The molecule has 1 unspecified atom stereocenters. The van der Waals surface area contributed by atoms with Gasteiger partial charge in [0, 0.05) is 19.5 Å². The molecule has 0 N–H and O–H groups in total. The summed E-state index contributed by atoms with van der Waals surface area (Å²) >= 11 is 5.84. The molecule has 0 spiro atoms. The number of nitrogens with zero attached hydrogens (tertiary/aromatic N) is 3. The van der Waals surface area contributed by atoms with Gasteiger partial charge in [0.15, 0.2) is 18.1 Å². The molecule has 30 heavy (non-hydrogen) atoms. The van der Waals surface area contributed by atoms with Crippen LogP contribution < -0.4 is 0 Å². The number of halogens is 4. The third-order valence-electron chi connectivity index (χ3n) is 5.92. The second-order valence-corrected chi connectivity index (χ2v) is 7.88. The maximum atomic E-state index is 13.2. The van der Waals surface area contributed by atoms with Crippen LogP contribution in [0.4, 0.5) is 13.2 Å². The molecular weight excluding hydrogens is 419 g/mol. The van der Waals surface area contributed by atoms with Crippen LogP contribution in [-0.2, 0) is 21.2 Å². The first-order valence-corrected chi connectivity index (χ1v) is 10.1. The number of hydrogen-bond donors (Lipinski definition) is 0. The minimum absolute atomic E-state index is 0.0747. The van der Waals surface area contributed by atoms with E-state index in [2.05, 4.69) is 5.10 Å². The number of Topliss-reactive ketones (excluding diaryl/α,β-unsaturated/α-hetero) is 1. The van der Waals surface area contributed by atoms with Gasteiger partial charge in [0.2, 0.25) is 0 Å². The van der Waals surface area contributed by atoms with E-state index in [1.54, 1.807) is 4.90 Å². The Morgan fingerprint density at radius 2 is 1.87 bits per heavy atom. The molecule has 1 saturated heterocycles. The summed E-state index contributed by atoms with van der Waals surface area (Å²) in [5.74, 6) is 0.119. The Hall–Kier alpha value is -2.19. The first-order chi connectivity index (χ1) is 14.2. The summed E-state index contributed by atoms with van der Waals surface area (Å²) in [7, 11) is 0. The average Bonchev–Trinajstić information content (AvgIpc) is 3.04. The SMILES string of the molecule is CCC(=O)C1(c2ccccc2)CCN(C(C=O)n2nc(C(F)(F)F)c(Cl)c2C)CC1. The molecule has 0 aliphatic carbocycles. The summed E-state index contributed by atoms with van der Waals surface area (Å²) in [6, 6.07) is 9.50. The molecule has 1 atom stereocenters. The van der Waals surface area contributed by atoms with E-state index in [0.29, 0.717) is 38.6 Å². The monoisotopic (exact) mass is 441 g/mol. The third-order valence-corrected chi connectivity index (χ3v) is 6.38. The molecule has 9 heteroatoms. The zero-order chi connectivity index (χ0) is 22.1. The summed E-state index contributed by atoms with van der Waals surface area (Å²) < 4.78 is 40.5. The second kappa shape index (κ2) is 8.51. The lowest BCUT2D eigenvalue weighted by Gasteiger charge is -2.42. The molecule has 0 radical (unpaired) electrons. The van der Waals surface area contributed by atoms with Gasteiger partial charge in [0.1, 0.15) is 5.78 Å². The summed E-state index contributed by atoms with van der Waals surface area (Å²) in [4.78, 5) is 26.5. The molecule has 3 rings (SSSR count). The van der Waals surface area contributed by atoms with E-state index in [9.17, 15) is 22.8 Å². The number of carbonyl (C=O) groups is 2. The Labute approximate surface area is 177 Å². The van der Waals surface area contributed by atoms with E-state index in [1.807, 2.05) is 37.3 Å². The van der Waals surface area contributed by atoms with Crippen molar-refractivity contribution in [2.24, 2.45) is 0 Å². The van der Waals surface area contributed by atoms with Crippen molar-refractivity contribution in [3.8, 4) is 0 Å². The van der Waals surface area contributed by atoms with Crippen LogP contribution in [0.25, 0.3) is 0 Å². The number of aldehydes is 1. The lowest BCUT2D eigenvalue weighted by Crippen LogP contribution is -2.49. The number of benzene rings is 1. The molecule has 0 saturated carbocycles. The van der Waals surface area contributed by atoms with E-state index < -0.39 is 28.5 Å². The molecule has 5 nitrogen and oxygen atoms in total. The average molecular weight is 442 g/mol. The zero-order valence-electron chi connectivity index (χ0n) is 16.7. The van der Waals surface area contributed by atoms with Crippen LogP contribution in [0.15, 0.2) is 30.3 Å². The first kappa shape index (κ1) is 22.5. The first-order valence-electron chi connectivity index (χ1n) is 9.75. The standard InChI is InChI=1S/C21H23ClF3N3O2/c1-3-16(30)20(15-7-5-4-6-8-15)9-11-27(12-10-20)17(13-29)28-14(2)18(22)19(26-28)21(23,24)25/h4-8,13,17H,3,9-12H2,1-2H3. The number of piperidine rings is 1. The van der Waals surface area contributed by atoms with Crippen molar-refractivity contribution in [3.63, 3.8) is 0 Å². The minimum Gasteiger partial charge on any atom is -0.299 e. The van der Waals surface area contributed by atoms with Crippen molar-refractivity contribution < 1.29 is 22.8 Å². The molecular formula is C21H23ClF3N3O2. The number of hydrogen-bond acceptors (Lipinski definition) is 4. The molecule has 1 aromatic heterocycles. The topological polar surface area (TPSA) is 55.2 Å². The van der Waals surface area contributed by atoms with Crippen molar-refractivity contribution in [1.82, 2.24) is 14.7 Å². The number of carbonyl (C=O) groups excluding carboxylic acids is 2. The van der Waals surface area contributed by atoms with Crippen LogP contribution in [-0.4, -0.2) is 39.8 Å². The predicted octanol–water partition coefficient (Wildman–Crippen LogP) is 4.57. The maximum Gasteiger partial charge on any atom is 0.436 e. The summed E-state index contributed by atoms with van der Waals surface area (Å²) in [5.41, 5.74) is -0.860. The lowest BCUT2D eigenvalue weighted by molar-refractivity contribution is -0.142. The van der Waals surface area contributed by atoms with E-state index in [0.717, 1.165) is 10.2 Å². The third kappa shape index (κ3) is 3.90. The highest BCUT2D eigenvalue weighted by Gasteiger charge is 2.44. The van der Waals surface area contributed by atoms with Crippen LogP contribution in [0.2, 0.25) is 5.02 Å².